The molecule has 0 saturated heterocycles. The van der Waals surface area contributed by atoms with E-state index in [0.29, 0.717) is 5.89 Å². The molecule has 7 rings (SSSR count). The number of anilines is 3. The van der Waals surface area contributed by atoms with Gasteiger partial charge in [0.1, 0.15) is 16.7 Å². The number of oxazole rings is 1. The Bertz CT molecular complexity index is 1750. The highest BCUT2D eigenvalue weighted by atomic mass is 16.4. The predicted molar refractivity (Wildman–Crippen MR) is 141 cm³/mol. The van der Waals surface area contributed by atoms with E-state index in [0.717, 1.165) is 55.7 Å². The summed E-state index contributed by atoms with van der Waals surface area (Å²) in [6.45, 7) is 0. The first kappa shape index (κ1) is 19.6. The fourth-order valence-electron chi connectivity index (χ4n) is 4.68. The predicted octanol–water partition coefficient (Wildman–Crippen LogP) is 8.86. The van der Waals surface area contributed by atoms with Crippen LogP contribution in [-0.2, 0) is 0 Å². The van der Waals surface area contributed by atoms with Gasteiger partial charge in [0.25, 0.3) is 0 Å². The molecule has 2 aromatic heterocycles. The molecule has 0 aliphatic rings. The summed E-state index contributed by atoms with van der Waals surface area (Å²) in [5.74, 6) is 0.605. The number of hydrogen-bond acceptors (Lipinski definition) is 4. The number of nitrogens with zero attached hydrogens (tertiary/aromatic N) is 2. The molecular formula is C31H20N2O2. The van der Waals surface area contributed by atoms with Gasteiger partial charge in [-0.25, -0.2) is 4.98 Å². The fraction of sp³-hybridized carbons (Fsp3) is 0. The molecule has 2 heterocycles. The van der Waals surface area contributed by atoms with Crippen molar-refractivity contribution >= 4 is 50.1 Å². The fourth-order valence-corrected chi connectivity index (χ4v) is 4.68. The van der Waals surface area contributed by atoms with Gasteiger partial charge in [0.05, 0.1) is 5.39 Å². The summed E-state index contributed by atoms with van der Waals surface area (Å²) in [6, 6.07) is 41.0. The number of fused-ring (bicyclic) bond motifs is 5. The molecule has 0 N–H and O–H groups in total. The average molecular weight is 453 g/mol. The molecule has 0 spiro atoms. The van der Waals surface area contributed by atoms with Crippen LogP contribution in [0.15, 0.2) is 130 Å². The van der Waals surface area contributed by atoms with E-state index in [2.05, 4.69) is 65.6 Å². The SMILES string of the molecule is c1ccc(-c2nc3ccc4oc5ccc(N(c6ccccc6)c6ccccc6)cc5c4c3o2)cc1. The van der Waals surface area contributed by atoms with Gasteiger partial charge in [0.15, 0.2) is 5.58 Å². The number of aromatic nitrogens is 1. The summed E-state index contributed by atoms with van der Waals surface area (Å²) in [6.07, 6.45) is 0. The minimum absolute atomic E-state index is 0.605. The zero-order chi connectivity index (χ0) is 23.2. The third-order valence-corrected chi connectivity index (χ3v) is 6.28. The summed E-state index contributed by atoms with van der Waals surface area (Å²) in [7, 11) is 0. The van der Waals surface area contributed by atoms with Crippen molar-refractivity contribution in [1.29, 1.82) is 0 Å². The molecule has 0 bridgehead atoms. The van der Waals surface area contributed by atoms with E-state index in [1.807, 2.05) is 60.7 Å². The molecule has 5 aromatic carbocycles. The monoisotopic (exact) mass is 452 g/mol. The highest BCUT2D eigenvalue weighted by molar-refractivity contribution is 6.17. The Morgan fingerprint density at radius 1 is 0.543 bits per heavy atom. The van der Waals surface area contributed by atoms with Crippen molar-refractivity contribution in [3.8, 4) is 11.5 Å². The van der Waals surface area contributed by atoms with Gasteiger partial charge < -0.3 is 13.7 Å². The molecule has 0 saturated carbocycles. The van der Waals surface area contributed by atoms with Crippen LogP contribution in [0.25, 0.3) is 44.5 Å². The van der Waals surface area contributed by atoms with E-state index >= 15 is 0 Å². The van der Waals surface area contributed by atoms with Gasteiger partial charge in [-0.05, 0) is 66.7 Å². The highest BCUT2D eigenvalue weighted by Crippen LogP contribution is 2.41. The van der Waals surface area contributed by atoms with Crippen molar-refractivity contribution in [3.05, 3.63) is 121 Å². The van der Waals surface area contributed by atoms with Crippen molar-refractivity contribution in [1.82, 2.24) is 4.98 Å². The van der Waals surface area contributed by atoms with E-state index in [1.54, 1.807) is 0 Å². The third kappa shape index (κ3) is 3.27. The smallest absolute Gasteiger partial charge is 0.227 e. The van der Waals surface area contributed by atoms with Crippen LogP contribution < -0.4 is 4.90 Å². The zero-order valence-electron chi connectivity index (χ0n) is 18.8. The molecule has 0 aliphatic heterocycles. The largest absolute Gasteiger partial charge is 0.456 e. The summed E-state index contributed by atoms with van der Waals surface area (Å²) in [5, 5.41) is 1.94. The summed E-state index contributed by atoms with van der Waals surface area (Å²) < 4.78 is 12.5. The van der Waals surface area contributed by atoms with Crippen molar-refractivity contribution in [2.45, 2.75) is 0 Å². The van der Waals surface area contributed by atoms with Crippen LogP contribution in [0.3, 0.4) is 0 Å². The Balaban J connectivity index is 1.47. The zero-order valence-corrected chi connectivity index (χ0v) is 18.8. The lowest BCUT2D eigenvalue weighted by Gasteiger charge is -2.25. The molecule has 7 aromatic rings. The molecule has 0 radical (unpaired) electrons. The first-order chi connectivity index (χ1) is 17.3. The number of rotatable bonds is 4. The lowest BCUT2D eigenvalue weighted by molar-refractivity contribution is 0.622. The van der Waals surface area contributed by atoms with Crippen LogP contribution >= 0.6 is 0 Å². The van der Waals surface area contributed by atoms with Gasteiger partial charge in [0.2, 0.25) is 5.89 Å². The molecule has 0 aliphatic carbocycles. The summed E-state index contributed by atoms with van der Waals surface area (Å²) in [4.78, 5) is 7.00. The maximum absolute atomic E-state index is 6.32. The van der Waals surface area contributed by atoms with E-state index in [4.69, 9.17) is 13.8 Å². The second-order valence-electron chi connectivity index (χ2n) is 8.46. The lowest BCUT2D eigenvalue weighted by atomic mass is 10.1. The first-order valence-corrected chi connectivity index (χ1v) is 11.6. The standard InChI is InChI=1S/C31H20N2O2/c1-4-10-21(11-5-1)31-32-26-17-19-28-29(30(26)35-31)25-20-24(16-18-27(25)34-28)33(22-12-6-2-7-13-22)23-14-8-3-9-15-23/h1-20H. The van der Waals surface area contributed by atoms with Gasteiger partial charge in [-0.15, -0.1) is 0 Å². The van der Waals surface area contributed by atoms with Crippen LogP contribution in [0, 0.1) is 0 Å². The quantitative estimate of drug-likeness (QED) is 0.267. The minimum atomic E-state index is 0.605. The normalized spacial score (nSPS) is 11.4. The van der Waals surface area contributed by atoms with Crippen molar-refractivity contribution < 1.29 is 8.83 Å². The van der Waals surface area contributed by atoms with Gasteiger partial charge in [-0.3, -0.25) is 0 Å². The highest BCUT2D eigenvalue weighted by Gasteiger charge is 2.19. The maximum atomic E-state index is 6.32. The number of para-hydroxylation sites is 2. The Morgan fingerprint density at radius 3 is 1.86 bits per heavy atom. The third-order valence-electron chi connectivity index (χ3n) is 6.28. The summed E-state index contributed by atoms with van der Waals surface area (Å²) >= 11 is 0. The van der Waals surface area contributed by atoms with Crippen LogP contribution in [0.5, 0.6) is 0 Å². The second-order valence-corrected chi connectivity index (χ2v) is 8.46. The van der Waals surface area contributed by atoms with E-state index in [-0.39, 0.29) is 0 Å². The Kier molecular flexibility index (Phi) is 4.42. The van der Waals surface area contributed by atoms with Crippen molar-refractivity contribution in [2.75, 3.05) is 4.90 Å². The average Bonchev–Trinajstić information content (AvgIpc) is 3.52. The molecule has 0 fully saturated rings. The molecule has 0 atom stereocenters. The van der Waals surface area contributed by atoms with Crippen LogP contribution in [0.2, 0.25) is 0 Å². The molecule has 4 nitrogen and oxygen atoms in total. The molecule has 166 valence electrons. The first-order valence-electron chi connectivity index (χ1n) is 11.6. The molecule has 4 heteroatoms. The number of benzene rings is 5. The number of hydrogen-bond donors (Lipinski definition) is 0. The van der Waals surface area contributed by atoms with Crippen LogP contribution in [0.4, 0.5) is 17.1 Å². The van der Waals surface area contributed by atoms with Crippen molar-refractivity contribution in [2.24, 2.45) is 0 Å². The minimum Gasteiger partial charge on any atom is -0.456 e. The number of furan rings is 1. The Hall–Kier alpha value is -4.83. The van der Waals surface area contributed by atoms with Gasteiger partial charge >= 0.3 is 0 Å². The molecule has 0 amide bonds. The van der Waals surface area contributed by atoms with Crippen LogP contribution in [0.1, 0.15) is 0 Å². The van der Waals surface area contributed by atoms with Crippen LogP contribution in [-0.4, -0.2) is 4.98 Å². The van der Waals surface area contributed by atoms with Gasteiger partial charge in [0, 0.05) is 28.0 Å². The van der Waals surface area contributed by atoms with Gasteiger partial charge in [-0.1, -0.05) is 54.6 Å². The Morgan fingerprint density at radius 2 is 1.17 bits per heavy atom. The van der Waals surface area contributed by atoms with Gasteiger partial charge in [-0.2, -0.15) is 0 Å². The maximum Gasteiger partial charge on any atom is 0.227 e. The van der Waals surface area contributed by atoms with E-state index < -0.39 is 0 Å². The second kappa shape index (κ2) is 7.89. The molecule has 35 heavy (non-hydrogen) atoms. The van der Waals surface area contributed by atoms with Crippen molar-refractivity contribution in [3.63, 3.8) is 0 Å². The van der Waals surface area contributed by atoms with E-state index in [9.17, 15) is 0 Å². The topological polar surface area (TPSA) is 42.4 Å². The van der Waals surface area contributed by atoms with E-state index in [1.165, 1.54) is 0 Å². The Labute approximate surface area is 201 Å². The molecular weight excluding hydrogens is 432 g/mol. The summed E-state index contributed by atoms with van der Waals surface area (Å²) in [5.41, 5.74) is 7.31. The molecule has 0 unspecified atom stereocenters. The lowest BCUT2D eigenvalue weighted by Crippen LogP contribution is -2.09.